The van der Waals surface area contributed by atoms with Gasteiger partial charge in [-0.25, -0.2) is 4.79 Å². The lowest BCUT2D eigenvalue weighted by Gasteiger charge is -2.17. The van der Waals surface area contributed by atoms with Gasteiger partial charge in [-0.2, -0.15) is 0 Å². The van der Waals surface area contributed by atoms with Crippen molar-refractivity contribution >= 4 is 12.0 Å². The molecule has 2 fully saturated rings. The van der Waals surface area contributed by atoms with Crippen molar-refractivity contribution in [1.82, 2.24) is 15.4 Å². The summed E-state index contributed by atoms with van der Waals surface area (Å²) in [4.78, 5) is 26.0. The molecule has 1 saturated heterocycles. The second-order valence-electron chi connectivity index (χ2n) is 7.31. The van der Waals surface area contributed by atoms with Gasteiger partial charge in [-0.1, -0.05) is 25.9 Å². The molecule has 23 heavy (non-hydrogen) atoms. The van der Waals surface area contributed by atoms with Crippen molar-refractivity contribution in [2.45, 2.75) is 58.1 Å². The Morgan fingerprint density at radius 3 is 2.70 bits per heavy atom. The average Bonchev–Trinajstić information content (AvgIpc) is 3.11. The number of rotatable bonds is 4. The van der Waals surface area contributed by atoms with Gasteiger partial charge in [-0.15, -0.1) is 0 Å². The summed E-state index contributed by atoms with van der Waals surface area (Å²) in [5, 5.41) is 6.85. The molecule has 0 aromatic carbocycles. The number of carbonyl (C=O) groups excluding carboxylic acids is 2. The van der Waals surface area contributed by atoms with E-state index in [1.807, 2.05) is 20.8 Å². The minimum absolute atomic E-state index is 0.241. The third-order valence-electron chi connectivity index (χ3n) is 4.18. The van der Waals surface area contributed by atoms with Crippen molar-refractivity contribution < 1.29 is 18.8 Å². The summed E-state index contributed by atoms with van der Waals surface area (Å²) in [5.74, 6) is 0.255. The van der Waals surface area contributed by atoms with E-state index in [1.165, 1.54) is 0 Å². The maximum atomic E-state index is 12.5. The van der Waals surface area contributed by atoms with Gasteiger partial charge in [-0.3, -0.25) is 4.79 Å². The summed E-state index contributed by atoms with van der Waals surface area (Å²) in [7, 11) is 0. The van der Waals surface area contributed by atoms with Crippen LogP contribution in [-0.4, -0.2) is 47.3 Å². The molecule has 3 rings (SSSR count). The Hall–Kier alpha value is -2.05. The van der Waals surface area contributed by atoms with Crippen LogP contribution in [-0.2, 0) is 10.2 Å². The Bertz CT molecular complexity index is 628. The van der Waals surface area contributed by atoms with Crippen LogP contribution >= 0.6 is 0 Å². The van der Waals surface area contributed by atoms with Crippen LogP contribution in [0.15, 0.2) is 4.52 Å². The van der Waals surface area contributed by atoms with Gasteiger partial charge < -0.3 is 19.5 Å². The van der Waals surface area contributed by atoms with Crippen LogP contribution in [0.25, 0.3) is 0 Å². The maximum Gasteiger partial charge on any atom is 0.410 e. The van der Waals surface area contributed by atoms with Crippen molar-refractivity contribution in [3.05, 3.63) is 17.0 Å². The highest BCUT2D eigenvalue weighted by Gasteiger charge is 2.41. The number of aromatic nitrogens is 1. The first kappa shape index (κ1) is 15.8. The summed E-state index contributed by atoms with van der Waals surface area (Å²) in [6, 6.07) is 0.330. The Morgan fingerprint density at radius 2 is 2.09 bits per heavy atom. The number of nitrogens with zero attached hydrogens (tertiary/aromatic N) is 2. The Kier molecular flexibility index (Phi) is 3.82. The lowest BCUT2D eigenvalue weighted by molar-refractivity contribution is 0.0911. The van der Waals surface area contributed by atoms with E-state index in [4.69, 9.17) is 9.26 Å². The van der Waals surface area contributed by atoms with Crippen LogP contribution in [0.1, 0.15) is 55.4 Å². The molecule has 1 saturated carbocycles. The molecule has 2 aliphatic rings. The molecule has 0 radical (unpaired) electrons. The highest BCUT2D eigenvalue weighted by molar-refractivity contribution is 5.96. The zero-order chi connectivity index (χ0) is 16.8. The molecule has 0 spiro atoms. The fraction of sp³-hybridized carbons (Fsp3) is 0.688. The Morgan fingerprint density at radius 1 is 1.39 bits per heavy atom. The number of nitrogens with one attached hydrogen (secondary N) is 1. The molecule has 1 N–H and O–H groups in total. The molecule has 1 aliphatic carbocycles. The van der Waals surface area contributed by atoms with Crippen LogP contribution < -0.4 is 5.32 Å². The van der Waals surface area contributed by atoms with Gasteiger partial charge in [0.15, 0.2) is 0 Å². The lowest BCUT2D eigenvalue weighted by Crippen LogP contribution is -2.36. The third kappa shape index (κ3) is 3.18. The minimum atomic E-state index is -0.301. The molecular weight excluding hydrogens is 298 g/mol. The first-order chi connectivity index (χ1) is 10.8. The lowest BCUT2D eigenvalue weighted by atomic mass is 9.88. The number of amides is 2. The fourth-order valence-electron chi connectivity index (χ4n) is 2.78. The second kappa shape index (κ2) is 5.54. The van der Waals surface area contributed by atoms with Crippen LogP contribution in [0, 0.1) is 6.92 Å². The van der Waals surface area contributed by atoms with Crippen molar-refractivity contribution in [3.8, 4) is 0 Å². The van der Waals surface area contributed by atoms with Crippen LogP contribution in [0.5, 0.6) is 0 Å². The van der Waals surface area contributed by atoms with E-state index in [2.05, 4.69) is 10.5 Å². The third-order valence-corrected chi connectivity index (χ3v) is 4.18. The van der Waals surface area contributed by atoms with E-state index in [-0.39, 0.29) is 23.5 Å². The monoisotopic (exact) mass is 321 g/mol. The molecule has 7 heteroatoms. The summed E-state index contributed by atoms with van der Waals surface area (Å²) >= 11 is 0. The second-order valence-corrected chi connectivity index (χ2v) is 7.31. The molecule has 2 amide bonds. The van der Waals surface area contributed by atoms with Gasteiger partial charge in [0.25, 0.3) is 5.91 Å². The van der Waals surface area contributed by atoms with Crippen LogP contribution in [0.4, 0.5) is 4.79 Å². The smallest absolute Gasteiger partial charge is 0.410 e. The predicted molar refractivity (Wildman–Crippen MR) is 82.3 cm³/mol. The summed E-state index contributed by atoms with van der Waals surface area (Å²) in [6.07, 6.45) is 1.51. The number of hydrogen-bond donors (Lipinski definition) is 1. The largest absolute Gasteiger partial charge is 0.442 e. The summed E-state index contributed by atoms with van der Waals surface area (Å²) in [5.41, 5.74) is 0.823. The molecule has 1 aliphatic heterocycles. The van der Waals surface area contributed by atoms with E-state index in [9.17, 15) is 9.59 Å². The van der Waals surface area contributed by atoms with Gasteiger partial charge in [0.2, 0.25) is 0 Å². The van der Waals surface area contributed by atoms with Crippen molar-refractivity contribution in [1.29, 1.82) is 0 Å². The number of hydrogen-bond acceptors (Lipinski definition) is 5. The predicted octanol–water partition coefficient (Wildman–Crippen LogP) is 1.99. The van der Waals surface area contributed by atoms with Crippen molar-refractivity contribution in [3.63, 3.8) is 0 Å². The normalized spacial score (nSPS) is 21.5. The minimum Gasteiger partial charge on any atom is -0.442 e. The average molecular weight is 321 g/mol. The molecule has 1 aromatic heterocycles. The molecule has 2 heterocycles. The van der Waals surface area contributed by atoms with Crippen molar-refractivity contribution in [2.24, 2.45) is 0 Å². The number of ether oxygens (including phenoxy) is 1. The SMILES string of the molecule is Cc1onc(C(C)(C)C)c1C(=O)NCC1CN(C2CC2)C(=O)O1. The van der Waals surface area contributed by atoms with E-state index in [0.717, 1.165) is 12.8 Å². The molecular formula is C16H23N3O4. The van der Waals surface area contributed by atoms with Gasteiger partial charge in [0.05, 0.1) is 13.1 Å². The van der Waals surface area contributed by atoms with Crippen molar-refractivity contribution in [2.75, 3.05) is 13.1 Å². The highest BCUT2D eigenvalue weighted by Crippen LogP contribution is 2.30. The zero-order valence-electron chi connectivity index (χ0n) is 14.0. The topological polar surface area (TPSA) is 84.7 Å². The Balaban J connectivity index is 1.62. The van der Waals surface area contributed by atoms with Gasteiger partial charge >= 0.3 is 6.09 Å². The molecule has 7 nitrogen and oxygen atoms in total. The first-order valence-electron chi connectivity index (χ1n) is 7.99. The number of aryl methyl sites for hydroxylation is 1. The molecule has 1 unspecified atom stereocenters. The Labute approximate surface area is 135 Å². The zero-order valence-corrected chi connectivity index (χ0v) is 14.0. The number of cyclic esters (lactones) is 1. The summed E-state index contributed by atoms with van der Waals surface area (Å²) < 4.78 is 10.5. The van der Waals surface area contributed by atoms with E-state index >= 15 is 0 Å². The first-order valence-corrected chi connectivity index (χ1v) is 7.99. The molecule has 0 bridgehead atoms. The van der Waals surface area contributed by atoms with Gasteiger partial charge in [0, 0.05) is 11.5 Å². The molecule has 1 atom stereocenters. The van der Waals surface area contributed by atoms with Crippen LogP contribution in [0.3, 0.4) is 0 Å². The quantitative estimate of drug-likeness (QED) is 0.917. The van der Waals surface area contributed by atoms with Crippen LogP contribution in [0.2, 0.25) is 0 Å². The standard InChI is InChI=1S/C16H23N3O4/c1-9-12(13(18-23-9)16(2,3)4)14(20)17-7-11-8-19(10-5-6-10)15(21)22-11/h10-11H,5-8H2,1-4H3,(H,17,20). The molecule has 1 aromatic rings. The van der Waals surface area contributed by atoms with Gasteiger partial charge in [0.1, 0.15) is 23.1 Å². The van der Waals surface area contributed by atoms with E-state index in [0.29, 0.717) is 36.1 Å². The number of carbonyl (C=O) groups is 2. The molecule has 126 valence electrons. The maximum absolute atomic E-state index is 12.5. The summed E-state index contributed by atoms with van der Waals surface area (Å²) in [6.45, 7) is 8.50. The highest BCUT2D eigenvalue weighted by atomic mass is 16.6. The van der Waals surface area contributed by atoms with E-state index < -0.39 is 0 Å². The van der Waals surface area contributed by atoms with Gasteiger partial charge in [-0.05, 0) is 19.8 Å². The van der Waals surface area contributed by atoms with E-state index in [1.54, 1.807) is 11.8 Å². The fourth-order valence-corrected chi connectivity index (χ4v) is 2.78.